The second-order valence-corrected chi connectivity index (χ2v) is 4.24. The lowest BCUT2D eigenvalue weighted by molar-refractivity contribution is 0.0975. The van der Waals surface area contributed by atoms with Crippen LogP contribution in [-0.2, 0) is 0 Å². The van der Waals surface area contributed by atoms with Crippen molar-refractivity contribution in [3.05, 3.63) is 34.6 Å². The minimum absolute atomic E-state index is 0.0133. The van der Waals surface area contributed by atoms with Gasteiger partial charge in [-0.05, 0) is 18.6 Å². The minimum atomic E-state index is -0.593. The fourth-order valence-corrected chi connectivity index (χ4v) is 1.74. The third-order valence-corrected chi connectivity index (χ3v) is 2.80. The molecule has 0 N–H and O–H groups in total. The number of benzene rings is 1. The number of rotatable bonds is 6. The molecule has 0 aromatic heterocycles. The zero-order valence-electron chi connectivity index (χ0n) is 9.43. The molecule has 0 aliphatic heterocycles. The van der Waals surface area contributed by atoms with Gasteiger partial charge in [0.1, 0.15) is 0 Å². The fraction of sp³-hybridized carbons (Fsp3) is 0.462. The molecule has 88 valence electrons. The second kappa shape index (κ2) is 6.64. The van der Waals surface area contributed by atoms with Crippen molar-refractivity contribution in [2.75, 3.05) is 0 Å². The Bertz CT molecular complexity index is 363. The average Bonchev–Trinajstić information content (AvgIpc) is 2.28. The van der Waals surface area contributed by atoms with E-state index in [1.54, 1.807) is 6.07 Å². The molecule has 1 rings (SSSR count). The van der Waals surface area contributed by atoms with Crippen molar-refractivity contribution >= 4 is 17.4 Å². The highest BCUT2D eigenvalue weighted by Gasteiger charge is 2.13. The highest BCUT2D eigenvalue weighted by Crippen LogP contribution is 2.19. The van der Waals surface area contributed by atoms with Gasteiger partial charge in [-0.2, -0.15) is 0 Å². The van der Waals surface area contributed by atoms with E-state index in [1.807, 2.05) is 0 Å². The molecular weight excluding hydrogens is 227 g/mol. The molecule has 0 aliphatic carbocycles. The molecule has 0 saturated carbocycles. The molecule has 1 aromatic rings. The van der Waals surface area contributed by atoms with Crippen LogP contribution in [0.15, 0.2) is 18.2 Å². The summed E-state index contributed by atoms with van der Waals surface area (Å²) in [5.41, 5.74) is 0.115. The summed E-state index contributed by atoms with van der Waals surface area (Å²) in [6.07, 6.45) is 4.48. The number of carbonyl (C=O) groups excluding carboxylic acids is 1. The van der Waals surface area contributed by atoms with Crippen LogP contribution in [0.3, 0.4) is 0 Å². The van der Waals surface area contributed by atoms with Gasteiger partial charge in [0, 0.05) is 6.42 Å². The number of hydrogen-bond acceptors (Lipinski definition) is 1. The molecule has 0 fully saturated rings. The molecule has 0 amide bonds. The van der Waals surface area contributed by atoms with E-state index >= 15 is 0 Å². The maximum absolute atomic E-state index is 13.5. The number of halogens is 2. The fourth-order valence-electron chi connectivity index (χ4n) is 1.57. The predicted octanol–water partition coefficient (Wildman–Crippen LogP) is 4.63. The Kier molecular flexibility index (Phi) is 5.47. The Morgan fingerprint density at radius 1 is 1.31 bits per heavy atom. The summed E-state index contributed by atoms with van der Waals surface area (Å²) < 4.78 is 13.5. The van der Waals surface area contributed by atoms with Gasteiger partial charge in [-0.25, -0.2) is 4.39 Å². The SMILES string of the molecule is CCCCCCC(=O)c1cccc(Cl)c1F. The highest BCUT2D eigenvalue weighted by atomic mass is 35.5. The van der Waals surface area contributed by atoms with E-state index < -0.39 is 5.82 Å². The van der Waals surface area contributed by atoms with Gasteiger partial charge in [-0.1, -0.05) is 43.9 Å². The van der Waals surface area contributed by atoms with Gasteiger partial charge in [0.2, 0.25) is 0 Å². The zero-order chi connectivity index (χ0) is 12.0. The lowest BCUT2D eigenvalue weighted by atomic mass is 10.0. The molecule has 0 spiro atoms. The Balaban J connectivity index is 2.56. The van der Waals surface area contributed by atoms with E-state index in [1.165, 1.54) is 12.1 Å². The third-order valence-electron chi connectivity index (χ3n) is 2.51. The highest BCUT2D eigenvalue weighted by molar-refractivity contribution is 6.31. The van der Waals surface area contributed by atoms with Crippen molar-refractivity contribution < 1.29 is 9.18 Å². The number of ketones is 1. The normalized spacial score (nSPS) is 10.4. The molecule has 0 bridgehead atoms. The summed E-state index contributed by atoms with van der Waals surface area (Å²) in [7, 11) is 0. The first kappa shape index (κ1) is 13.2. The van der Waals surface area contributed by atoms with Crippen LogP contribution in [0, 0.1) is 5.82 Å². The van der Waals surface area contributed by atoms with Crippen molar-refractivity contribution in [1.29, 1.82) is 0 Å². The van der Waals surface area contributed by atoms with Gasteiger partial charge >= 0.3 is 0 Å². The minimum Gasteiger partial charge on any atom is -0.294 e. The monoisotopic (exact) mass is 242 g/mol. The van der Waals surface area contributed by atoms with Crippen molar-refractivity contribution in [1.82, 2.24) is 0 Å². The molecule has 3 heteroatoms. The summed E-state index contributed by atoms with van der Waals surface area (Å²) in [5, 5.41) is 0.0133. The smallest absolute Gasteiger partial charge is 0.165 e. The van der Waals surface area contributed by atoms with E-state index in [2.05, 4.69) is 6.92 Å². The van der Waals surface area contributed by atoms with Gasteiger partial charge in [-0.3, -0.25) is 4.79 Å². The van der Waals surface area contributed by atoms with Crippen molar-refractivity contribution in [3.8, 4) is 0 Å². The molecule has 0 aliphatic rings. The van der Waals surface area contributed by atoms with E-state index in [0.29, 0.717) is 6.42 Å². The third kappa shape index (κ3) is 3.60. The maximum Gasteiger partial charge on any atom is 0.165 e. The molecular formula is C13H16ClFO. The first-order valence-electron chi connectivity index (χ1n) is 5.64. The lowest BCUT2D eigenvalue weighted by Gasteiger charge is -2.03. The van der Waals surface area contributed by atoms with Gasteiger partial charge < -0.3 is 0 Å². The van der Waals surface area contributed by atoms with Crippen LogP contribution in [-0.4, -0.2) is 5.78 Å². The van der Waals surface area contributed by atoms with Gasteiger partial charge in [0.25, 0.3) is 0 Å². The van der Waals surface area contributed by atoms with E-state index in [-0.39, 0.29) is 16.4 Å². The first-order valence-corrected chi connectivity index (χ1v) is 6.01. The Labute approximate surface area is 101 Å². The van der Waals surface area contributed by atoms with Gasteiger partial charge in [0.05, 0.1) is 10.6 Å². The first-order chi connectivity index (χ1) is 7.66. The number of unbranched alkanes of at least 4 members (excludes halogenated alkanes) is 3. The summed E-state index contributed by atoms with van der Waals surface area (Å²) in [4.78, 5) is 11.7. The van der Waals surface area contributed by atoms with Crippen LogP contribution >= 0.6 is 11.6 Å². The molecule has 0 unspecified atom stereocenters. The molecule has 0 atom stereocenters. The maximum atomic E-state index is 13.5. The topological polar surface area (TPSA) is 17.1 Å². The lowest BCUT2D eigenvalue weighted by Crippen LogP contribution is -2.02. The van der Waals surface area contributed by atoms with Gasteiger partial charge in [0.15, 0.2) is 11.6 Å². The number of Topliss-reactive ketones (excluding diaryl/α,β-unsaturated/α-hetero) is 1. The van der Waals surface area contributed by atoms with Crippen molar-refractivity contribution in [3.63, 3.8) is 0 Å². The second-order valence-electron chi connectivity index (χ2n) is 3.84. The van der Waals surface area contributed by atoms with E-state index in [4.69, 9.17) is 11.6 Å². The van der Waals surface area contributed by atoms with Crippen LogP contribution < -0.4 is 0 Å². The largest absolute Gasteiger partial charge is 0.294 e. The summed E-state index contributed by atoms with van der Waals surface area (Å²) >= 11 is 5.61. The van der Waals surface area contributed by atoms with E-state index in [0.717, 1.165) is 25.7 Å². The van der Waals surface area contributed by atoms with Crippen molar-refractivity contribution in [2.45, 2.75) is 39.0 Å². The van der Waals surface area contributed by atoms with Crippen LogP contribution in [0.4, 0.5) is 4.39 Å². The van der Waals surface area contributed by atoms with Crippen LogP contribution in [0.25, 0.3) is 0 Å². The van der Waals surface area contributed by atoms with Crippen LogP contribution in [0.1, 0.15) is 49.4 Å². The molecule has 0 radical (unpaired) electrons. The van der Waals surface area contributed by atoms with Crippen LogP contribution in [0.5, 0.6) is 0 Å². The summed E-state index contributed by atoms with van der Waals surface area (Å²) in [5.74, 6) is -0.749. The predicted molar refractivity (Wildman–Crippen MR) is 64.5 cm³/mol. The van der Waals surface area contributed by atoms with Crippen molar-refractivity contribution in [2.24, 2.45) is 0 Å². The molecule has 1 aromatic carbocycles. The average molecular weight is 243 g/mol. The van der Waals surface area contributed by atoms with Gasteiger partial charge in [-0.15, -0.1) is 0 Å². The summed E-state index contributed by atoms with van der Waals surface area (Å²) in [6.45, 7) is 2.11. The number of carbonyl (C=O) groups is 1. The quantitative estimate of drug-likeness (QED) is 0.525. The molecule has 0 saturated heterocycles. The summed E-state index contributed by atoms with van der Waals surface area (Å²) in [6, 6.07) is 4.54. The Morgan fingerprint density at radius 2 is 2.06 bits per heavy atom. The molecule has 1 nitrogen and oxygen atoms in total. The standard InChI is InChI=1S/C13H16ClFO/c1-2-3-4-5-9-12(16)10-7-6-8-11(14)13(10)15/h6-8H,2-5,9H2,1H3. The zero-order valence-corrected chi connectivity index (χ0v) is 10.2. The molecule has 16 heavy (non-hydrogen) atoms. The molecule has 0 heterocycles. The Hall–Kier alpha value is -0.890. The van der Waals surface area contributed by atoms with E-state index in [9.17, 15) is 9.18 Å². The number of hydrogen-bond donors (Lipinski definition) is 0. The Morgan fingerprint density at radius 3 is 2.75 bits per heavy atom. The van der Waals surface area contributed by atoms with Crippen LogP contribution in [0.2, 0.25) is 5.02 Å².